The fourth-order valence-corrected chi connectivity index (χ4v) is 5.45. The highest BCUT2D eigenvalue weighted by molar-refractivity contribution is 7.91. The van der Waals surface area contributed by atoms with Gasteiger partial charge in [-0.1, -0.05) is 23.7 Å². The number of anilines is 1. The van der Waals surface area contributed by atoms with Gasteiger partial charge in [0.15, 0.2) is 14.9 Å². The summed E-state index contributed by atoms with van der Waals surface area (Å²) >= 11 is 13.1. The van der Waals surface area contributed by atoms with Crippen molar-refractivity contribution in [2.45, 2.75) is 25.3 Å². The van der Waals surface area contributed by atoms with E-state index >= 15 is 0 Å². The van der Waals surface area contributed by atoms with E-state index in [2.05, 4.69) is 11.4 Å². The summed E-state index contributed by atoms with van der Waals surface area (Å²) in [6, 6.07) is 16.4. The zero-order valence-corrected chi connectivity index (χ0v) is 20.0. The zero-order valence-electron chi connectivity index (χ0n) is 16.8. The van der Waals surface area contributed by atoms with Crippen LogP contribution in [0, 0.1) is 13.8 Å². The highest BCUT2D eigenvalue weighted by Crippen LogP contribution is 2.19. The van der Waals surface area contributed by atoms with Crippen LogP contribution in [0.3, 0.4) is 0 Å². The molecule has 0 atom stereocenters. The topological polar surface area (TPSA) is 49.4 Å². The number of hydrogen-bond acceptors (Lipinski definition) is 4. The lowest BCUT2D eigenvalue weighted by Crippen LogP contribution is -2.37. The molecule has 30 heavy (non-hydrogen) atoms. The van der Waals surface area contributed by atoms with Crippen molar-refractivity contribution in [3.8, 4) is 0 Å². The van der Waals surface area contributed by atoms with Crippen LogP contribution in [0.5, 0.6) is 0 Å². The number of nitrogens with one attached hydrogen (secondary N) is 1. The minimum Gasteiger partial charge on any atom is -0.343 e. The van der Waals surface area contributed by atoms with E-state index in [0.29, 0.717) is 16.7 Å². The number of halogens is 1. The molecule has 4 nitrogen and oxygen atoms in total. The molecule has 0 spiro atoms. The van der Waals surface area contributed by atoms with E-state index in [9.17, 15) is 8.42 Å². The zero-order chi connectivity index (χ0) is 21.7. The van der Waals surface area contributed by atoms with Crippen molar-refractivity contribution in [3.05, 3.63) is 81.0 Å². The quantitative estimate of drug-likeness (QED) is 0.442. The molecular formula is C22H23ClN2O2S3. The number of nitrogens with zero attached hydrogens (tertiary/aromatic N) is 1. The third-order valence-corrected chi connectivity index (χ3v) is 7.67. The predicted molar refractivity (Wildman–Crippen MR) is 130 cm³/mol. The van der Waals surface area contributed by atoms with Gasteiger partial charge in [0.1, 0.15) is 0 Å². The third-order valence-electron chi connectivity index (χ3n) is 4.49. The summed E-state index contributed by atoms with van der Waals surface area (Å²) in [7, 11) is -3.46. The Labute approximate surface area is 192 Å². The molecule has 3 aromatic rings. The average Bonchev–Trinajstić information content (AvgIpc) is 3.17. The number of benzene rings is 2. The van der Waals surface area contributed by atoms with Gasteiger partial charge < -0.3 is 10.2 Å². The van der Waals surface area contributed by atoms with Gasteiger partial charge in [-0.25, -0.2) is 8.42 Å². The molecule has 1 N–H and O–H groups in total. The molecule has 1 aromatic heterocycles. The maximum atomic E-state index is 12.8. The van der Waals surface area contributed by atoms with Crippen molar-refractivity contribution in [2.75, 3.05) is 17.6 Å². The molecule has 0 amide bonds. The summed E-state index contributed by atoms with van der Waals surface area (Å²) in [4.78, 5) is 3.27. The molecule has 0 bridgehead atoms. The minimum atomic E-state index is -3.46. The first kappa shape index (κ1) is 22.7. The number of rotatable bonds is 7. The fraction of sp³-hybridized carbons (Fsp3) is 0.227. The molecule has 2 aromatic carbocycles. The first-order valence-corrected chi connectivity index (χ1v) is 12.7. The van der Waals surface area contributed by atoms with Gasteiger partial charge in [-0.15, -0.1) is 11.3 Å². The van der Waals surface area contributed by atoms with E-state index in [4.69, 9.17) is 23.8 Å². The average molecular weight is 479 g/mol. The standard InChI is InChI=1S/C22H23ClN2O2S3/c1-16-12-17(2)14-19(13-16)24-22(28)25(15-20-4-3-10-29-20)9-11-30(26,27)21-7-5-18(23)6-8-21/h3-8,10,12-14H,9,11,15H2,1-2H3,(H,24,28). The molecule has 0 aliphatic heterocycles. The van der Waals surface area contributed by atoms with E-state index in [0.717, 1.165) is 21.7 Å². The lowest BCUT2D eigenvalue weighted by atomic mass is 10.1. The van der Waals surface area contributed by atoms with Crippen molar-refractivity contribution in [3.63, 3.8) is 0 Å². The lowest BCUT2D eigenvalue weighted by Gasteiger charge is -2.25. The smallest absolute Gasteiger partial charge is 0.180 e. The summed E-state index contributed by atoms with van der Waals surface area (Å²) in [5.41, 5.74) is 3.17. The van der Waals surface area contributed by atoms with Gasteiger partial charge in [0.25, 0.3) is 0 Å². The van der Waals surface area contributed by atoms with Crippen LogP contribution in [-0.2, 0) is 16.4 Å². The Morgan fingerprint density at radius 1 is 1.10 bits per heavy atom. The number of aryl methyl sites for hydroxylation is 2. The third kappa shape index (κ3) is 6.28. The Morgan fingerprint density at radius 2 is 1.77 bits per heavy atom. The van der Waals surface area contributed by atoms with Crippen LogP contribution in [0.4, 0.5) is 5.69 Å². The van der Waals surface area contributed by atoms with Crippen LogP contribution in [0.2, 0.25) is 5.02 Å². The highest BCUT2D eigenvalue weighted by atomic mass is 35.5. The molecule has 0 saturated carbocycles. The van der Waals surface area contributed by atoms with Crippen molar-refractivity contribution in [1.82, 2.24) is 4.90 Å². The second-order valence-electron chi connectivity index (χ2n) is 7.08. The van der Waals surface area contributed by atoms with Crippen LogP contribution >= 0.6 is 35.2 Å². The molecule has 0 aliphatic rings. The molecule has 0 radical (unpaired) electrons. The lowest BCUT2D eigenvalue weighted by molar-refractivity contribution is 0.444. The number of thiophene rings is 1. The first-order chi connectivity index (χ1) is 14.2. The van der Waals surface area contributed by atoms with Crippen LogP contribution < -0.4 is 5.32 Å². The largest absolute Gasteiger partial charge is 0.343 e. The van der Waals surface area contributed by atoms with Gasteiger partial charge in [-0.3, -0.25) is 0 Å². The Bertz CT molecular complexity index is 1090. The molecule has 0 saturated heterocycles. The Hall–Kier alpha value is -1.93. The summed E-state index contributed by atoms with van der Waals surface area (Å²) in [5.74, 6) is -0.0470. The van der Waals surface area contributed by atoms with Crippen LogP contribution in [0.1, 0.15) is 16.0 Å². The van der Waals surface area contributed by atoms with Gasteiger partial charge in [0.05, 0.1) is 17.2 Å². The highest BCUT2D eigenvalue weighted by Gasteiger charge is 2.19. The molecule has 8 heteroatoms. The Kier molecular flexibility index (Phi) is 7.52. The fourth-order valence-electron chi connectivity index (χ4n) is 3.08. The maximum Gasteiger partial charge on any atom is 0.180 e. The summed E-state index contributed by atoms with van der Waals surface area (Å²) in [6.07, 6.45) is 0. The molecular weight excluding hydrogens is 456 g/mol. The normalized spacial score (nSPS) is 11.3. The Morgan fingerprint density at radius 3 is 2.37 bits per heavy atom. The number of hydrogen-bond donors (Lipinski definition) is 1. The van der Waals surface area contributed by atoms with E-state index in [-0.39, 0.29) is 17.2 Å². The summed E-state index contributed by atoms with van der Waals surface area (Å²) in [5, 5.41) is 6.27. The molecule has 0 aliphatic carbocycles. The molecule has 0 fully saturated rings. The van der Waals surface area contributed by atoms with Gasteiger partial charge in [-0.05, 0) is 85.0 Å². The van der Waals surface area contributed by atoms with Crippen LogP contribution in [0.15, 0.2) is 64.9 Å². The van der Waals surface area contributed by atoms with Gasteiger partial charge in [0, 0.05) is 22.1 Å². The Balaban J connectivity index is 1.76. The molecule has 3 rings (SSSR count). The van der Waals surface area contributed by atoms with Crippen LogP contribution in [-0.4, -0.2) is 30.7 Å². The first-order valence-electron chi connectivity index (χ1n) is 9.38. The monoisotopic (exact) mass is 478 g/mol. The minimum absolute atomic E-state index is 0.0470. The van der Waals surface area contributed by atoms with Gasteiger partial charge in [0.2, 0.25) is 0 Å². The molecule has 1 heterocycles. The van der Waals surface area contributed by atoms with Crippen molar-refractivity contribution in [2.24, 2.45) is 0 Å². The summed E-state index contributed by atoms with van der Waals surface area (Å²) < 4.78 is 25.6. The van der Waals surface area contributed by atoms with Crippen molar-refractivity contribution in [1.29, 1.82) is 0 Å². The van der Waals surface area contributed by atoms with Gasteiger partial charge in [-0.2, -0.15) is 0 Å². The second-order valence-corrected chi connectivity index (χ2v) is 11.0. The molecule has 158 valence electrons. The number of sulfone groups is 1. The molecule has 0 unspecified atom stereocenters. The second kappa shape index (κ2) is 9.92. The number of thiocarbonyl (C=S) groups is 1. The maximum absolute atomic E-state index is 12.8. The van der Waals surface area contributed by atoms with Crippen molar-refractivity contribution >= 4 is 55.8 Å². The van der Waals surface area contributed by atoms with Gasteiger partial charge >= 0.3 is 0 Å². The van der Waals surface area contributed by atoms with E-state index < -0.39 is 9.84 Å². The van der Waals surface area contributed by atoms with E-state index in [1.54, 1.807) is 23.5 Å². The van der Waals surface area contributed by atoms with E-state index in [1.807, 2.05) is 48.4 Å². The SMILES string of the molecule is Cc1cc(C)cc(NC(=S)N(CCS(=O)(=O)c2ccc(Cl)cc2)Cc2cccs2)c1. The van der Waals surface area contributed by atoms with Crippen molar-refractivity contribution < 1.29 is 8.42 Å². The van der Waals surface area contributed by atoms with E-state index in [1.165, 1.54) is 12.1 Å². The van der Waals surface area contributed by atoms with Crippen LogP contribution in [0.25, 0.3) is 0 Å². The predicted octanol–water partition coefficient (Wildman–Crippen LogP) is 5.69. The summed E-state index contributed by atoms with van der Waals surface area (Å²) in [6.45, 7) is 4.89.